The fourth-order valence-corrected chi connectivity index (χ4v) is 1.42. The molecule has 0 atom stereocenters. The Labute approximate surface area is 102 Å². The molecule has 0 aliphatic carbocycles. The molecule has 0 heterocycles. The Hall–Kier alpha value is -1.39. The van der Waals surface area contributed by atoms with Gasteiger partial charge in [0.2, 0.25) is 5.91 Å². The predicted molar refractivity (Wildman–Crippen MR) is 68.7 cm³/mol. The molecule has 0 aliphatic heterocycles. The Balaban J connectivity index is 2.45. The fourth-order valence-electron chi connectivity index (χ4n) is 1.42. The zero-order valence-corrected chi connectivity index (χ0v) is 10.4. The minimum Gasteiger partial charge on any atom is -0.378 e. The highest BCUT2D eigenvalue weighted by Gasteiger charge is 2.05. The number of anilines is 1. The van der Waals surface area contributed by atoms with Crippen molar-refractivity contribution >= 4 is 11.6 Å². The van der Waals surface area contributed by atoms with Crippen molar-refractivity contribution in [1.82, 2.24) is 0 Å². The Morgan fingerprint density at radius 3 is 2.76 bits per heavy atom. The van der Waals surface area contributed by atoms with E-state index in [4.69, 9.17) is 10.5 Å². The molecule has 1 aromatic carbocycles. The van der Waals surface area contributed by atoms with Gasteiger partial charge < -0.3 is 15.8 Å². The van der Waals surface area contributed by atoms with Gasteiger partial charge in [0.05, 0.1) is 19.1 Å². The summed E-state index contributed by atoms with van der Waals surface area (Å²) in [6, 6.07) is 7.53. The number of amides is 1. The van der Waals surface area contributed by atoms with Gasteiger partial charge in [-0.25, -0.2) is 0 Å². The van der Waals surface area contributed by atoms with E-state index in [1.54, 1.807) is 0 Å². The van der Waals surface area contributed by atoms with Crippen molar-refractivity contribution in [3.63, 3.8) is 0 Å². The highest BCUT2D eigenvalue weighted by molar-refractivity contribution is 5.91. The number of nitrogens with one attached hydrogen (secondary N) is 1. The first-order chi connectivity index (χ1) is 8.13. The number of ether oxygens (including phenoxy) is 1. The molecule has 4 nitrogen and oxygen atoms in total. The minimum absolute atomic E-state index is 0.0495. The van der Waals surface area contributed by atoms with E-state index in [1.165, 1.54) is 0 Å². The van der Waals surface area contributed by atoms with Crippen LogP contribution in [0.3, 0.4) is 0 Å². The molecule has 0 aromatic heterocycles. The molecule has 0 aliphatic rings. The van der Waals surface area contributed by atoms with Crippen LogP contribution >= 0.6 is 0 Å². The summed E-state index contributed by atoms with van der Waals surface area (Å²) >= 11 is 0. The monoisotopic (exact) mass is 236 g/mol. The lowest BCUT2D eigenvalue weighted by molar-refractivity contribution is -0.117. The largest absolute Gasteiger partial charge is 0.378 e. The summed E-state index contributed by atoms with van der Waals surface area (Å²) in [5.74, 6) is -0.0495. The zero-order valence-electron chi connectivity index (χ0n) is 10.4. The third-order valence-electron chi connectivity index (χ3n) is 2.29. The maximum atomic E-state index is 11.6. The van der Waals surface area contributed by atoms with Crippen LogP contribution in [-0.2, 0) is 16.1 Å². The van der Waals surface area contributed by atoms with Crippen molar-refractivity contribution in [2.45, 2.75) is 32.9 Å². The number of nitrogens with two attached hydrogens (primary N) is 1. The van der Waals surface area contributed by atoms with Gasteiger partial charge in [-0.15, -0.1) is 0 Å². The Bertz CT molecular complexity index is 364. The molecule has 0 saturated heterocycles. The Morgan fingerprint density at radius 1 is 1.41 bits per heavy atom. The highest BCUT2D eigenvalue weighted by atomic mass is 16.5. The SMILES string of the molecule is CC(C)OCCC(=O)Nc1ccccc1CN. The van der Waals surface area contributed by atoms with E-state index in [0.29, 0.717) is 19.6 Å². The van der Waals surface area contributed by atoms with Gasteiger partial charge in [-0.1, -0.05) is 18.2 Å². The maximum absolute atomic E-state index is 11.6. The highest BCUT2D eigenvalue weighted by Crippen LogP contribution is 2.14. The molecule has 0 spiro atoms. The van der Waals surface area contributed by atoms with E-state index in [2.05, 4.69) is 5.32 Å². The van der Waals surface area contributed by atoms with Crippen LogP contribution < -0.4 is 11.1 Å². The number of carbonyl (C=O) groups excluding carboxylic acids is 1. The smallest absolute Gasteiger partial charge is 0.226 e. The van der Waals surface area contributed by atoms with Gasteiger partial charge in [0.1, 0.15) is 0 Å². The average Bonchev–Trinajstić information content (AvgIpc) is 2.29. The lowest BCUT2D eigenvalue weighted by atomic mass is 10.2. The van der Waals surface area contributed by atoms with Crippen molar-refractivity contribution in [3.05, 3.63) is 29.8 Å². The summed E-state index contributed by atoms with van der Waals surface area (Å²) in [5, 5.41) is 2.84. The van der Waals surface area contributed by atoms with Crippen LogP contribution in [0.5, 0.6) is 0 Å². The van der Waals surface area contributed by atoms with Crippen molar-refractivity contribution in [3.8, 4) is 0 Å². The number of para-hydroxylation sites is 1. The number of hydrogen-bond acceptors (Lipinski definition) is 3. The molecule has 1 rings (SSSR count). The first-order valence-corrected chi connectivity index (χ1v) is 5.83. The first-order valence-electron chi connectivity index (χ1n) is 5.83. The third kappa shape index (κ3) is 4.97. The van der Waals surface area contributed by atoms with Crippen LogP contribution in [-0.4, -0.2) is 18.6 Å². The summed E-state index contributed by atoms with van der Waals surface area (Å²) in [7, 11) is 0. The molecule has 4 heteroatoms. The van der Waals surface area contributed by atoms with Gasteiger partial charge in [-0.2, -0.15) is 0 Å². The third-order valence-corrected chi connectivity index (χ3v) is 2.29. The zero-order chi connectivity index (χ0) is 12.7. The van der Waals surface area contributed by atoms with Gasteiger partial charge >= 0.3 is 0 Å². The van der Waals surface area contributed by atoms with Crippen molar-refractivity contribution in [2.75, 3.05) is 11.9 Å². The Kier molecular flexibility index (Phi) is 5.66. The fraction of sp³-hybridized carbons (Fsp3) is 0.462. The molecular formula is C13H20N2O2. The van der Waals surface area contributed by atoms with Crippen LogP contribution in [0.2, 0.25) is 0 Å². The number of carbonyl (C=O) groups is 1. The van der Waals surface area contributed by atoms with Gasteiger partial charge in [-0.05, 0) is 25.5 Å². The molecule has 0 fully saturated rings. The van der Waals surface area contributed by atoms with Crippen LogP contribution in [0.25, 0.3) is 0 Å². The van der Waals surface area contributed by atoms with Crippen molar-refractivity contribution < 1.29 is 9.53 Å². The first kappa shape index (κ1) is 13.7. The van der Waals surface area contributed by atoms with E-state index in [0.717, 1.165) is 11.3 Å². The molecule has 1 aromatic rings. The lowest BCUT2D eigenvalue weighted by Gasteiger charge is -2.10. The lowest BCUT2D eigenvalue weighted by Crippen LogP contribution is -2.17. The topological polar surface area (TPSA) is 64.3 Å². The Morgan fingerprint density at radius 2 is 2.12 bits per heavy atom. The second-order valence-corrected chi connectivity index (χ2v) is 4.08. The summed E-state index contributed by atoms with van der Waals surface area (Å²) in [6.07, 6.45) is 0.510. The van der Waals surface area contributed by atoms with E-state index in [-0.39, 0.29) is 12.0 Å². The van der Waals surface area contributed by atoms with E-state index < -0.39 is 0 Å². The summed E-state index contributed by atoms with van der Waals surface area (Å²) in [6.45, 7) is 4.75. The number of benzene rings is 1. The molecule has 1 amide bonds. The minimum atomic E-state index is -0.0495. The van der Waals surface area contributed by atoms with Crippen LogP contribution in [0.4, 0.5) is 5.69 Å². The molecule has 94 valence electrons. The quantitative estimate of drug-likeness (QED) is 0.793. The van der Waals surface area contributed by atoms with E-state index in [1.807, 2.05) is 38.1 Å². The summed E-state index contributed by atoms with van der Waals surface area (Å²) in [5.41, 5.74) is 7.31. The molecule has 0 saturated carbocycles. The van der Waals surface area contributed by atoms with Crippen molar-refractivity contribution in [1.29, 1.82) is 0 Å². The maximum Gasteiger partial charge on any atom is 0.226 e. The van der Waals surface area contributed by atoms with Crippen LogP contribution in [0, 0.1) is 0 Å². The summed E-state index contributed by atoms with van der Waals surface area (Å²) < 4.78 is 5.32. The molecule has 17 heavy (non-hydrogen) atoms. The normalized spacial score (nSPS) is 10.6. The van der Waals surface area contributed by atoms with Gasteiger partial charge in [0.25, 0.3) is 0 Å². The van der Waals surface area contributed by atoms with Gasteiger partial charge in [0.15, 0.2) is 0 Å². The molecule has 0 bridgehead atoms. The second-order valence-electron chi connectivity index (χ2n) is 4.08. The second kappa shape index (κ2) is 7.04. The van der Waals surface area contributed by atoms with E-state index >= 15 is 0 Å². The van der Waals surface area contributed by atoms with Crippen LogP contribution in [0.15, 0.2) is 24.3 Å². The molecule has 3 N–H and O–H groups in total. The standard InChI is InChI=1S/C13H20N2O2/c1-10(2)17-8-7-13(16)15-12-6-4-3-5-11(12)9-14/h3-6,10H,7-9,14H2,1-2H3,(H,15,16). The van der Waals surface area contributed by atoms with Gasteiger partial charge in [0, 0.05) is 12.2 Å². The molecule has 0 radical (unpaired) electrons. The van der Waals surface area contributed by atoms with E-state index in [9.17, 15) is 4.79 Å². The van der Waals surface area contributed by atoms with Crippen molar-refractivity contribution in [2.24, 2.45) is 5.73 Å². The molecule has 0 unspecified atom stereocenters. The number of rotatable bonds is 6. The van der Waals surface area contributed by atoms with Gasteiger partial charge in [-0.3, -0.25) is 4.79 Å². The van der Waals surface area contributed by atoms with Crippen LogP contribution in [0.1, 0.15) is 25.8 Å². The predicted octanol–water partition coefficient (Wildman–Crippen LogP) is 1.90. The molecular weight excluding hydrogens is 216 g/mol. The summed E-state index contributed by atoms with van der Waals surface area (Å²) in [4.78, 5) is 11.6. The average molecular weight is 236 g/mol. The number of hydrogen-bond donors (Lipinski definition) is 2.